The molecule has 0 saturated heterocycles. The summed E-state index contributed by atoms with van der Waals surface area (Å²) in [5.41, 5.74) is 7.73. The summed E-state index contributed by atoms with van der Waals surface area (Å²) in [6.45, 7) is 3.89. The number of rotatable bonds is 4. The SMILES string of the molecule is Cc1ccc(NCc2nn3cc(-c4ccccc4)c4c3n2CCCC4)cc1. The van der Waals surface area contributed by atoms with E-state index in [1.165, 1.54) is 40.7 Å². The summed E-state index contributed by atoms with van der Waals surface area (Å²) in [4.78, 5) is 0. The van der Waals surface area contributed by atoms with Crippen molar-refractivity contribution in [2.75, 3.05) is 5.32 Å². The van der Waals surface area contributed by atoms with Crippen molar-refractivity contribution >= 4 is 11.3 Å². The first-order chi connectivity index (χ1) is 13.3. The summed E-state index contributed by atoms with van der Waals surface area (Å²) in [5.74, 6) is 1.10. The minimum absolute atomic E-state index is 0.741. The first-order valence-corrected chi connectivity index (χ1v) is 9.75. The summed E-state index contributed by atoms with van der Waals surface area (Å²) < 4.78 is 4.51. The molecule has 0 aliphatic carbocycles. The van der Waals surface area contributed by atoms with Crippen molar-refractivity contribution in [2.45, 2.75) is 39.3 Å². The van der Waals surface area contributed by atoms with Crippen LogP contribution in [0.4, 0.5) is 5.69 Å². The highest BCUT2D eigenvalue weighted by Crippen LogP contribution is 2.32. The zero-order valence-corrected chi connectivity index (χ0v) is 15.7. The third-order valence-corrected chi connectivity index (χ3v) is 5.50. The Morgan fingerprint density at radius 1 is 1.00 bits per heavy atom. The van der Waals surface area contributed by atoms with Crippen LogP contribution < -0.4 is 5.32 Å². The van der Waals surface area contributed by atoms with E-state index >= 15 is 0 Å². The van der Waals surface area contributed by atoms with Crippen molar-refractivity contribution in [1.82, 2.24) is 14.2 Å². The number of nitrogens with zero attached hydrogens (tertiary/aromatic N) is 3. The van der Waals surface area contributed by atoms with Gasteiger partial charge in [0.25, 0.3) is 0 Å². The molecule has 0 bridgehead atoms. The van der Waals surface area contributed by atoms with Gasteiger partial charge in [-0.25, -0.2) is 4.52 Å². The fourth-order valence-corrected chi connectivity index (χ4v) is 4.09. The first-order valence-electron chi connectivity index (χ1n) is 9.75. The summed E-state index contributed by atoms with van der Waals surface area (Å²) in [6.07, 6.45) is 5.76. The summed E-state index contributed by atoms with van der Waals surface area (Å²) in [6, 6.07) is 19.2. The molecule has 0 radical (unpaired) electrons. The highest BCUT2D eigenvalue weighted by atomic mass is 15.4. The lowest BCUT2D eigenvalue weighted by molar-refractivity contribution is 0.619. The molecule has 0 unspecified atom stereocenters. The topological polar surface area (TPSA) is 34.3 Å². The Morgan fingerprint density at radius 2 is 1.81 bits per heavy atom. The van der Waals surface area contributed by atoms with Crippen LogP contribution in [0, 0.1) is 6.92 Å². The Labute approximate surface area is 159 Å². The van der Waals surface area contributed by atoms with E-state index in [4.69, 9.17) is 5.10 Å². The third-order valence-electron chi connectivity index (χ3n) is 5.50. The Balaban J connectivity index is 1.52. The second-order valence-electron chi connectivity index (χ2n) is 7.40. The molecule has 3 heterocycles. The molecule has 4 aromatic rings. The quantitative estimate of drug-likeness (QED) is 0.554. The number of aryl methyl sites for hydroxylation is 3. The van der Waals surface area contributed by atoms with Crippen LogP contribution in [-0.4, -0.2) is 14.2 Å². The van der Waals surface area contributed by atoms with E-state index in [-0.39, 0.29) is 0 Å². The average molecular weight is 356 g/mol. The van der Waals surface area contributed by atoms with Crippen LogP contribution in [0.5, 0.6) is 0 Å². The summed E-state index contributed by atoms with van der Waals surface area (Å²) in [7, 11) is 0. The van der Waals surface area contributed by atoms with Gasteiger partial charge in [-0.3, -0.25) is 0 Å². The molecule has 4 heteroatoms. The maximum Gasteiger partial charge on any atom is 0.150 e. The molecule has 0 spiro atoms. The molecule has 0 saturated carbocycles. The molecule has 1 N–H and O–H groups in total. The van der Waals surface area contributed by atoms with E-state index in [1.54, 1.807) is 0 Å². The molecule has 136 valence electrons. The van der Waals surface area contributed by atoms with Crippen LogP contribution >= 0.6 is 0 Å². The summed E-state index contributed by atoms with van der Waals surface area (Å²) in [5, 5.41) is 8.45. The fourth-order valence-electron chi connectivity index (χ4n) is 4.09. The normalized spacial score (nSPS) is 13.7. The number of hydrogen-bond donors (Lipinski definition) is 1. The minimum Gasteiger partial charge on any atom is -0.378 e. The van der Waals surface area contributed by atoms with Gasteiger partial charge in [0.15, 0.2) is 5.82 Å². The molecular weight excluding hydrogens is 332 g/mol. The van der Waals surface area contributed by atoms with Crippen LogP contribution in [0.3, 0.4) is 0 Å². The molecule has 2 aromatic heterocycles. The third kappa shape index (κ3) is 2.91. The van der Waals surface area contributed by atoms with E-state index in [0.717, 1.165) is 31.0 Å². The van der Waals surface area contributed by atoms with Crippen LogP contribution in [0.15, 0.2) is 60.8 Å². The smallest absolute Gasteiger partial charge is 0.150 e. The molecule has 2 aromatic carbocycles. The standard InChI is InChI=1S/C23H24N4/c1-17-10-12-19(13-11-17)24-15-22-25-27-16-21(18-7-3-2-4-8-18)20-9-5-6-14-26(22)23(20)27/h2-4,7-8,10-13,16,24H,5-6,9,14-15H2,1H3. The predicted octanol–water partition coefficient (Wildman–Crippen LogP) is 5.06. The van der Waals surface area contributed by atoms with Gasteiger partial charge >= 0.3 is 0 Å². The predicted molar refractivity (Wildman–Crippen MR) is 110 cm³/mol. The van der Waals surface area contributed by atoms with Crippen molar-refractivity contribution in [3.8, 4) is 11.1 Å². The average Bonchev–Trinajstić information content (AvgIpc) is 3.12. The van der Waals surface area contributed by atoms with Crippen molar-refractivity contribution < 1.29 is 0 Å². The number of nitrogens with one attached hydrogen (secondary N) is 1. The second-order valence-corrected chi connectivity index (χ2v) is 7.40. The molecule has 0 atom stereocenters. The molecule has 4 nitrogen and oxygen atoms in total. The van der Waals surface area contributed by atoms with Gasteiger partial charge in [0.1, 0.15) is 5.65 Å². The Morgan fingerprint density at radius 3 is 2.63 bits per heavy atom. The number of aromatic nitrogens is 3. The number of hydrogen-bond acceptors (Lipinski definition) is 2. The van der Waals surface area contributed by atoms with Crippen molar-refractivity contribution in [1.29, 1.82) is 0 Å². The highest BCUT2D eigenvalue weighted by molar-refractivity contribution is 5.75. The van der Waals surface area contributed by atoms with E-state index in [0.29, 0.717) is 0 Å². The fraction of sp³-hybridized carbons (Fsp3) is 0.261. The molecule has 0 fully saturated rings. The van der Waals surface area contributed by atoms with Gasteiger partial charge in [0.2, 0.25) is 0 Å². The van der Waals surface area contributed by atoms with Gasteiger partial charge in [-0.1, -0.05) is 48.0 Å². The monoisotopic (exact) mass is 356 g/mol. The van der Waals surface area contributed by atoms with Gasteiger partial charge in [-0.05, 0) is 43.9 Å². The number of benzene rings is 2. The zero-order valence-electron chi connectivity index (χ0n) is 15.7. The van der Waals surface area contributed by atoms with E-state index in [2.05, 4.69) is 82.1 Å². The lowest BCUT2D eigenvalue weighted by atomic mass is 10.0. The van der Waals surface area contributed by atoms with E-state index < -0.39 is 0 Å². The molecule has 27 heavy (non-hydrogen) atoms. The van der Waals surface area contributed by atoms with Gasteiger partial charge < -0.3 is 9.88 Å². The maximum absolute atomic E-state index is 4.92. The van der Waals surface area contributed by atoms with Crippen molar-refractivity contribution in [3.63, 3.8) is 0 Å². The van der Waals surface area contributed by atoms with Gasteiger partial charge in [-0.15, -0.1) is 0 Å². The molecular formula is C23H24N4. The molecule has 0 amide bonds. The zero-order chi connectivity index (χ0) is 18.2. The van der Waals surface area contributed by atoms with Crippen LogP contribution in [-0.2, 0) is 19.5 Å². The minimum atomic E-state index is 0.741. The molecule has 5 rings (SSSR count). The van der Waals surface area contributed by atoms with Crippen molar-refractivity contribution in [3.05, 3.63) is 77.7 Å². The van der Waals surface area contributed by atoms with E-state index in [9.17, 15) is 0 Å². The number of anilines is 1. The maximum atomic E-state index is 4.92. The van der Waals surface area contributed by atoms with Gasteiger partial charge in [-0.2, -0.15) is 5.10 Å². The highest BCUT2D eigenvalue weighted by Gasteiger charge is 2.21. The Hall–Kier alpha value is -3.01. The van der Waals surface area contributed by atoms with Crippen LogP contribution in [0.2, 0.25) is 0 Å². The van der Waals surface area contributed by atoms with Gasteiger partial charge in [0.05, 0.1) is 6.54 Å². The lowest BCUT2D eigenvalue weighted by Crippen LogP contribution is -2.09. The second kappa shape index (κ2) is 6.62. The molecule has 1 aliphatic heterocycles. The van der Waals surface area contributed by atoms with Crippen LogP contribution in [0.25, 0.3) is 16.8 Å². The Kier molecular flexibility index (Phi) is 3.97. The van der Waals surface area contributed by atoms with Crippen molar-refractivity contribution in [2.24, 2.45) is 0 Å². The van der Waals surface area contributed by atoms with Gasteiger partial charge in [0, 0.05) is 29.6 Å². The molecule has 1 aliphatic rings. The lowest BCUT2D eigenvalue weighted by Gasteiger charge is -2.09. The van der Waals surface area contributed by atoms with E-state index in [1.807, 2.05) is 0 Å². The first kappa shape index (κ1) is 16.2. The Bertz CT molecular complexity index is 1070. The largest absolute Gasteiger partial charge is 0.378 e. The summed E-state index contributed by atoms with van der Waals surface area (Å²) >= 11 is 0. The van der Waals surface area contributed by atoms with Crippen LogP contribution in [0.1, 0.15) is 29.8 Å².